The Labute approximate surface area is 167 Å². The molecule has 0 spiro atoms. The second-order valence-corrected chi connectivity index (χ2v) is 7.22. The Hall–Kier alpha value is -2.52. The molecule has 0 atom stereocenters. The Bertz CT molecular complexity index is 800. The molecule has 1 aromatic carbocycles. The molecule has 1 amide bonds. The summed E-state index contributed by atoms with van der Waals surface area (Å²) in [5, 5.41) is 8.56. The van der Waals surface area contributed by atoms with Crippen molar-refractivity contribution in [1.29, 1.82) is 0 Å². The van der Waals surface area contributed by atoms with Gasteiger partial charge in [0.15, 0.2) is 0 Å². The van der Waals surface area contributed by atoms with Gasteiger partial charge in [0.1, 0.15) is 17.7 Å². The van der Waals surface area contributed by atoms with Gasteiger partial charge in [-0.3, -0.25) is 9.71 Å². The number of hydrogen-bond acceptors (Lipinski definition) is 6. The molecule has 0 bridgehead atoms. The van der Waals surface area contributed by atoms with Crippen LogP contribution < -0.4 is 14.4 Å². The number of benzene rings is 1. The van der Waals surface area contributed by atoms with Crippen LogP contribution in [0.5, 0.6) is 5.75 Å². The van der Waals surface area contributed by atoms with Crippen LogP contribution in [-0.4, -0.2) is 48.2 Å². The van der Waals surface area contributed by atoms with E-state index in [1.54, 1.807) is 25.4 Å². The maximum absolute atomic E-state index is 14.8. The molecule has 1 aromatic heterocycles. The van der Waals surface area contributed by atoms with Crippen LogP contribution in [0.2, 0.25) is 0 Å². The van der Waals surface area contributed by atoms with Gasteiger partial charge < -0.3 is 19.5 Å². The molecule has 2 heterocycles. The molecule has 3 rings (SSSR count). The van der Waals surface area contributed by atoms with Gasteiger partial charge in [-0.2, -0.15) is 0 Å². The molecule has 0 radical (unpaired) electrons. The minimum atomic E-state index is -1.10. The van der Waals surface area contributed by atoms with Crippen molar-refractivity contribution in [2.75, 3.05) is 30.9 Å². The number of pyridine rings is 1. The number of methoxy groups -OCH3 is 1. The highest BCUT2D eigenvalue weighted by molar-refractivity contribution is 7.97. The van der Waals surface area contributed by atoms with Crippen LogP contribution in [0.1, 0.15) is 11.3 Å². The largest absolute Gasteiger partial charge is 0.485 e. The molecule has 150 valence electrons. The lowest BCUT2D eigenvalue weighted by Crippen LogP contribution is -2.54. The smallest absolute Gasteiger partial charge is 0.414 e. The van der Waals surface area contributed by atoms with Gasteiger partial charge >= 0.3 is 6.09 Å². The normalized spacial score (nSPS) is 13.9. The summed E-state index contributed by atoms with van der Waals surface area (Å²) in [6, 6.07) is 9.00. The minimum absolute atomic E-state index is 0.0200. The summed E-state index contributed by atoms with van der Waals surface area (Å²) in [7, 11) is 1.62. The lowest BCUT2D eigenvalue weighted by molar-refractivity contribution is 0.165. The average molecular weight is 407 g/mol. The Morgan fingerprint density at radius 3 is 2.89 bits per heavy atom. The highest BCUT2D eigenvalue weighted by Gasteiger charge is 2.30. The molecular formula is C19H22FN3O4S. The van der Waals surface area contributed by atoms with Gasteiger partial charge in [-0.25, -0.2) is 9.18 Å². The van der Waals surface area contributed by atoms with Gasteiger partial charge in [0, 0.05) is 12.9 Å². The van der Waals surface area contributed by atoms with Crippen molar-refractivity contribution in [3.8, 4) is 5.75 Å². The second kappa shape index (κ2) is 9.61. The van der Waals surface area contributed by atoms with E-state index in [0.29, 0.717) is 48.9 Å². The summed E-state index contributed by atoms with van der Waals surface area (Å²) < 4.78 is 27.9. The van der Waals surface area contributed by atoms with Gasteiger partial charge in [0.2, 0.25) is 0 Å². The van der Waals surface area contributed by atoms with Crippen molar-refractivity contribution in [2.45, 2.75) is 19.1 Å². The summed E-state index contributed by atoms with van der Waals surface area (Å²) in [4.78, 5) is 16.6. The number of carboxylic acid groups (broad SMARTS) is 1. The van der Waals surface area contributed by atoms with Crippen molar-refractivity contribution in [3.05, 3.63) is 53.6 Å². The van der Waals surface area contributed by atoms with Crippen LogP contribution in [-0.2, 0) is 17.8 Å². The van der Waals surface area contributed by atoms with E-state index < -0.39 is 6.09 Å². The Morgan fingerprint density at radius 1 is 1.39 bits per heavy atom. The molecule has 0 unspecified atom stereocenters. The molecule has 7 nitrogen and oxygen atoms in total. The summed E-state index contributed by atoms with van der Waals surface area (Å²) >= 11 is 1.04. The summed E-state index contributed by atoms with van der Waals surface area (Å²) in [6.07, 6.45) is 0.988. The predicted molar refractivity (Wildman–Crippen MR) is 105 cm³/mol. The van der Waals surface area contributed by atoms with E-state index >= 15 is 0 Å². The van der Waals surface area contributed by atoms with E-state index in [0.717, 1.165) is 17.6 Å². The fourth-order valence-corrected chi connectivity index (χ4v) is 3.44. The van der Waals surface area contributed by atoms with Crippen molar-refractivity contribution in [3.63, 3.8) is 0 Å². The van der Waals surface area contributed by atoms with Gasteiger partial charge in [-0.1, -0.05) is 12.1 Å². The van der Waals surface area contributed by atoms with Crippen LogP contribution in [0.3, 0.4) is 0 Å². The number of halogens is 1. The van der Waals surface area contributed by atoms with Crippen LogP contribution >= 0.6 is 11.9 Å². The first kappa shape index (κ1) is 20.2. The average Bonchev–Trinajstić information content (AvgIpc) is 2.64. The van der Waals surface area contributed by atoms with Crippen molar-refractivity contribution in [2.24, 2.45) is 0 Å². The number of nitrogens with zero attached hydrogens (tertiary/aromatic N) is 2. The maximum Gasteiger partial charge on any atom is 0.414 e. The molecule has 2 aromatic rings. The fourth-order valence-electron chi connectivity index (χ4n) is 2.89. The fraction of sp³-hybridized carbons (Fsp3) is 0.368. The third-order valence-corrected chi connectivity index (χ3v) is 5.00. The molecule has 0 saturated carbocycles. The zero-order valence-electron chi connectivity index (χ0n) is 15.4. The third kappa shape index (κ3) is 5.26. The molecule has 1 fully saturated rings. The van der Waals surface area contributed by atoms with Crippen LogP contribution in [0.4, 0.5) is 14.9 Å². The van der Waals surface area contributed by atoms with Crippen molar-refractivity contribution < 1.29 is 23.8 Å². The number of amides is 1. The lowest BCUT2D eigenvalue weighted by Gasteiger charge is -2.40. The molecular weight excluding hydrogens is 385 g/mol. The first-order valence-corrected chi connectivity index (χ1v) is 9.79. The van der Waals surface area contributed by atoms with Crippen LogP contribution in [0.15, 0.2) is 36.5 Å². The van der Waals surface area contributed by atoms with Gasteiger partial charge in [-0.05, 0) is 42.1 Å². The number of rotatable bonds is 9. The molecule has 2 N–H and O–H groups in total. The van der Waals surface area contributed by atoms with Crippen LogP contribution in [0.25, 0.3) is 0 Å². The minimum Gasteiger partial charge on any atom is -0.485 e. The zero-order chi connectivity index (χ0) is 19.9. The number of ether oxygens (including phenoxy) is 2. The topological polar surface area (TPSA) is 83.9 Å². The molecule has 1 aliphatic heterocycles. The number of aromatic nitrogens is 1. The Balaban J connectivity index is 1.50. The van der Waals surface area contributed by atoms with Gasteiger partial charge in [-0.15, -0.1) is 0 Å². The van der Waals surface area contributed by atoms with Crippen LogP contribution in [0, 0.1) is 5.82 Å². The molecule has 9 heteroatoms. The van der Waals surface area contributed by atoms with Crippen molar-refractivity contribution >= 4 is 23.7 Å². The van der Waals surface area contributed by atoms with E-state index in [1.165, 1.54) is 0 Å². The van der Waals surface area contributed by atoms with E-state index in [2.05, 4.69) is 9.71 Å². The summed E-state index contributed by atoms with van der Waals surface area (Å²) in [6.45, 7) is 1.64. The Kier molecular flexibility index (Phi) is 6.94. The number of aryl methyl sites for hydroxylation is 1. The second-order valence-electron chi connectivity index (χ2n) is 6.32. The lowest BCUT2D eigenvalue weighted by atomic mass is 10.1. The quantitative estimate of drug-likeness (QED) is 0.488. The van der Waals surface area contributed by atoms with Gasteiger partial charge in [0.05, 0.1) is 37.3 Å². The highest BCUT2D eigenvalue weighted by atomic mass is 32.2. The van der Waals surface area contributed by atoms with Crippen molar-refractivity contribution in [1.82, 2.24) is 9.71 Å². The monoisotopic (exact) mass is 407 g/mol. The number of anilines is 1. The summed E-state index contributed by atoms with van der Waals surface area (Å²) in [5.74, 6) is 0.883. The SMILES string of the molecule is COCc1ccc(OC2CN(c3cccc(CCSNC(=O)O)c3F)C2)cn1. The third-order valence-electron chi connectivity index (χ3n) is 4.27. The standard InChI is InChI=1S/C19H22FN3O4S/c1-26-12-14-5-6-15(9-21-14)27-16-10-23(11-16)17-4-2-3-13(18(17)20)7-8-28-22-19(24)25/h2-6,9,16,22H,7-8,10-12H2,1H3,(H,24,25). The maximum atomic E-state index is 14.8. The molecule has 1 saturated heterocycles. The van der Waals surface area contributed by atoms with E-state index in [4.69, 9.17) is 14.6 Å². The zero-order valence-corrected chi connectivity index (χ0v) is 16.2. The summed E-state index contributed by atoms with van der Waals surface area (Å²) in [5.41, 5.74) is 1.95. The predicted octanol–water partition coefficient (Wildman–Crippen LogP) is 3.09. The van der Waals surface area contributed by atoms with E-state index in [9.17, 15) is 9.18 Å². The molecule has 0 aliphatic carbocycles. The molecule has 1 aliphatic rings. The number of nitrogens with one attached hydrogen (secondary N) is 1. The molecule has 28 heavy (non-hydrogen) atoms. The van der Waals surface area contributed by atoms with E-state index in [-0.39, 0.29) is 11.9 Å². The number of carbonyl (C=O) groups is 1. The first-order chi connectivity index (χ1) is 13.6. The van der Waals surface area contributed by atoms with Gasteiger partial charge in [0.25, 0.3) is 0 Å². The van der Waals surface area contributed by atoms with E-state index in [1.807, 2.05) is 23.1 Å². The Morgan fingerprint density at radius 2 is 2.21 bits per heavy atom. The first-order valence-electron chi connectivity index (χ1n) is 8.80. The number of hydrogen-bond donors (Lipinski definition) is 2. The highest BCUT2D eigenvalue weighted by Crippen LogP contribution is 2.28.